The number of rotatable bonds is 5. The summed E-state index contributed by atoms with van der Waals surface area (Å²) in [6, 6.07) is 11.2. The highest BCUT2D eigenvalue weighted by Crippen LogP contribution is 2.35. The molecular weight excluding hydrogens is 565 g/mol. The Morgan fingerprint density at radius 2 is 1.58 bits per heavy atom. The summed E-state index contributed by atoms with van der Waals surface area (Å²) >= 11 is 0. The van der Waals surface area contributed by atoms with Gasteiger partial charge in [0.15, 0.2) is 5.65 Å². The molecule has 2 fully saturated rings. The number of hydrogen-bond acceptors (Lipinski definition) is 8. The largest absolute Gasteiger partial charge is 0.419 e. The van der Waals surface area contributed by atoms with Crippen LogP contribution >= 0.6 is 0 Å². The second-order valence-electron chi connectivity index (χ2n) is 10.4. The summed E-state index contributed by atoms with van der Waals surface area (Å²) in [4.78, 5) is 39.5. The minimum absolute atomic E-state index is 0.0869. The first-order chi connectivity index (χ1) is 20.7. The maximum atomic E-state index is 13.4. The zero-order chi connectivity index (χ0) is 30.1. The van der Waals surface area contributed by atoms with Crippen LogP contribution in [0.4, 0.5) is 19.0 Å². The van der Waals surface area contributed by atoms with Crippen LogP contribution in [0.25, 0.3) is 28.2 Å². The van der Waals surface area contributed by atoms with E-state index in [0.29, 0.717) is 75.9 Å². The fourth-order valence-corrected chi connectivity index (χ4v) is 5.25. The van der Waals surface area contributed by atoms with E-state index in [4.69, 9.17) is 10.5 Å². The highest BCUT2D eigenvalue weighted by Gasteiger charge is 2.34. The quantitative estimate of drug-likeness (QED) is 0.375. The number of anilines is 1. The Labute approximate surface area is 244 Å². The standard InChI is InChI=1S/C29H29F3N8O3/c30-29(31,32)22-15-21(16-35-27(22)33)23-5-6-25-34-17-24(40(25)36-23)19-1-3-20(4-2-19)28(42)39-9-7-37(8-10-39)18-26(41)38-11-13-43-14-12-38/h1-6,15-17H,7-14,18H2,(H2,33,35). The van der Waals surface area contributed by atoms with E-state index in [-0.39, 0.29) is 23.1 Å². The number of alkyl halides is 3. The lowest BCUT2D eigenvalue weighted by atomic mass is 10.1. The molecule has 2 aliphatic rings. The minimum Gasteiger partial charge on any atom is -0.383 e. The molecule has 11 nitrogen and oxygen atoms in total. The average molecular weight is 595 g/mol. The normalized spacial score (nSPS) is 16.5. The highest BCUT2D eigenvalue weighted by molar-refractivity contribution is 5.94. The van der Waals surface area contributed by atoms with E-state index in [9.17, 15) is 22.8 Å². The number of pyridine rings is 1. The molecule has 2 amide bonds. The van der Waals surface area contributed by atoms with E-state index in [1.165, 1.54) is 10.7 Å². The van der Waals surface area contributed by atoms with Crippen LogP contribution in [0.1, 0.15) is 15.9 Å². The van der Waals surface area contributed by atoms with Crippen LogP contribution in [-0.4, -0.2) is 105 Å². The molecule has 3 aromatic heterocycles. The molecule has 6 rings (SSSR count). The molecule has 0 spiro atoms. The molecule has 224 valence electrons. The zero-order valence-electron chi connectivity index (χ0n) is 23.1. The van der Waals surface area contributed by atoms with Crippen LogP contribution in [0.15, 0.2) is 54.9 Å². The third kappa shape index (κ3) is 6.01. The number of carbonyl (C=O) groups excluding carboxylic acids is 2. The summed E-state index contributed by atoms with van der Waals surface area (Å²) < 4.78 is 46.9. The molecule has 0 bridgehead atoms. The molecule has 0 radical (unpaired) electrons. The fourth-order valence-electron chi connectivity index (χ4n) is 5.25. The van der Waals surface area contributed by atoms with Crippen LogP contribution in [0, 0.1) is 0 Å². The van der Waals surface area contributed by atoms with Gasteiger partial charge in [0, 0.05) is 62.2 Å². The second-order valence-corrected chi connectivity index (χ2v) is 10.4. The van der Waals surface area contributed by atoms with Gasteiger partial charge in [-0.2, -0.15) is 18.3 Å². The second kappa shape index (κ2) is 11.6. The molecule has 0 unspecified atom stereocenters. The van der Waals surface area contributed by atoms with Gasteiger partial charge in [0.05, 0.1) is 42.9 Å². The number of imidazole rings is 1. The van der Waals surface area contributed by atoms with Crippen LogP contribution in [0.2, 0.25) is 0 Å². The van der Waals surface area contributed by atoms with Gasteiger partial charge in [0.25, 0.3) is 5.91 Å². The monoisotopic (exact) mass is 594 g/mol. The van der Waals surface area contributed by atoms with Crippen molar-refractivity contribution in [1.29, 1.82) is 0 Å². The van der Waals surface area contributed by atoms with Gasteiger partial charge in [0.2, 0.25) is 5.91 Å². The van der Waals surface area contributed by atoms with Crippen molar-refractivity contribution in [2.45, 2.75) is 6.18 Å². The number of hydrogen-bond donors (Lipinski definition) is 1. The number of benzene rings is 1. The third-order valence-electron chi connectivity index (χ3n) is 7.69. The van der Waals surface area contributed by atoms with Gasteiger partial charge >= 0.3 is 6.18 Å². The molecular formula is C29H29F3N8O3. The van der Waals surface area contributed by atoms with Crippen molar-refractivity contribution >= 4 is 23.3 Å². The van der Waals surface area contributed by atoms with Gasteiger partial charge in [-0.1, -0.05) is 12.1 Å². The summed E-state index contributed by atoms with van der Waals surface area (Å²) in [5.74, 6) is -0.611. The van der Waals surface area contributed by atoms with Crippen molar-refractivity contribution in [2.24, 2.45) is 0 Å². The summed E-state index contributed by atoms with van der Waals surface area (Å²) in [5, 5.41) is 4.52. The van der Waals surface area contributed by atoms with Crippen LogP contribution in [-0.2, 0) is 15.7 Å². The first-order valence-corrected chi connectivity index (χ1v) is 13.8. The molecule has 2 aliphatic heterocycles. The first-order valence-electron chi connectivity index (χ1n) is 13.8. The third-order valence-corrected chi connectivity index (χ3v) is 7.69. The maximum Gasteiger partial charge on any atom is 0.419 e. The number of fused-ring (bicyclic) bond motifs is 1. The molecule has 1 aromatic carbocycles. The number of nitrogen functional groups attached to an aromatic ring is 1. The predicted octanol–water partition coefficient (Wildman–Crippen LogP) is 2.68. The molecule has 0 atom stereocenters. The average Bonchev–Trinajstić information content (AvgIpc) is 3.45. The summed E-state index contributed by atoms with van der Waals surface area (Å²) in [6.45, 7) is 4.96. The van der Waals surface area contributed by atoms with Gasteiger partial charge in [-0.15, -0.1) is 0 Å². The highest BCUT2D eigenvalue weighted by atomic mass is 19.4. The smallest absolute Gasteiger partial charge is 0.383 e. The van der Waals surface area contributed by atoms with Gasteiger partial charge in [0.1, 0.15) is 5.82 Å². The van der Waals surface area contributed by atoms with Gasteiger partial charge < -0.3 is 20.3 Å². The van der Waals surface area contributed by atoms with Crippen molar-refractivity contribution in [3.05, 3.63) is 66.0 Å². The predicted molar refractivity (Wildman–Crippen MR) is 151 cm³/mol. The lowest BCUT2D eigenvalue weighted by Crippen LogP contribution is -2.52. The molecule has 5 heterocycles. The minimum atomic E-state index is -4.65. The van der Waals surface area contributed by atoms with Crippen LogP contribution < -0.4 is 5.73 Å². The Balaban J connectivity index is 1.13. The van der Waals surface area contributed by atoms with Gasteiger partial charge in [-0.25, -0.2) is 14.5 Å². The summed E-state index contributed by atoms with van der Waals surface area (Å²) in [5.41, 5.74) is 7.21. The number of piperazine rings is 1. The van der Waals surface area contributed by atoms with Gasteiger partial charge in [-0.3, -0.25) is 14.5 Å². The Bertz CT molecular complexity index is 1640. The summed E-state index contributed by atoms with van der Waals surface area (Å²) in [7, 11) is 0. The zero-order valence-corrected chi connectivity index (χ0v) is 23.1. The molecule has 2 N–H and O–H groups in total. The van der Waals surface area contributed by atoms with Crippen molar-refractivity contribution in [3.8, 4) is 22.5 Å². The van der Waals surface area contributed by atoms with E-state index in [2.05, 4.69) is 20.0 Å². The molecule has 0 saturated carbocycles. The molecule has 43 heavy (non-hydrogen) atoms. The van der Waals surface area contributed by atoms with Crippen molar-refractivity contribution in [1.82, 2.24) is 34.3 Å². The van der Waals surface area contributed by atoms with Crippen molar-refractivity contribution in [2.75, 3.05) is 64.8 Å². The van der Waals surface area contributed by atoms with Gasteiger partial charge in [-0.05, 0) is 30.3 Å². The number of nitrogens with two attached hydrogens (primary N) is 1. The SMILES string of the molecule is Nc1ncc(-c2ccc3ncc(-c4ccc(C(=O)N5CCN(CC(=O)N6CCOCC6)CC5)cc4)n3n2)cc1C(F)(F)F. The molecule has 4 aromatic rings. The first kappa shape index (κ1) is 28.6. The van der Waals surface area contributed by atoms with Crippen molar-refractivity contribution in [3.63, 3.8) is 0 Å². The molecule has 0 aliphatic carbocycles. The maximum absolute atomic E-state index is 13.4. The number of halogens is 3. The number of ether oxygens (including phenoxy) is 1. The fraction of sp³-hybridized carbons (Fsp3) is 0.345. The number of amides is 2. The lowest BCUT2D eigenvalue weighted by molar-refractivity contribution is -0.137. The van der Waals surface area contributed by atoms with Crippen LogP contribution in [0.3, 0.4) is 0 Å². The Kier molecular flexibility index (Phi) is 7.71. The number of carbonyl (C=O) groups is 2. The molecule has 2 saturated heterocycles. The van der Waals surface area contributed by atoms with Crippen LogP contribution in [0.5, 0.6) is 0 Å². The summed E-state index contributed by atoms with van der Waals surface area (Å²) in [6.07, 6.45) is -1.79. The van der Waals surface area contributed by atoms with Crippen molar-refractivity contribution < 1.29 is 27.5 Å². The van der Waals surface area contributed by atoms with E-state index in [0.717, 1.165) is 11.6 Å². The van der Waals surface area contributed by atoms with E-state index in [1.54, 1.807) is 47.5 Å². The Morgan fingerprint density at radius 3 is 2.28 bits per heavy atom. The van der Waals surface area contributed by atoms with E-state index >= 15 is 0 Å². The number of aromatic nitrogens is 4. The number of nitrogens with zero attached hydrogens (tertiary/aromatic N) is 7. The topological polar surface area (TPSA) is 122 Å². The Hall–Kier alpha value is -4.56. The Morgan fingerprint density at radius 1 is 0.860 bits per heavy atom. The number of morpholine rings is 1. The van der Waals surface area contributed by atoms with E-state index in [1.807, 2.05) is 4.90 Å². The lowest BCUT2D eigenvalue weighted by Gasteiger charge is -2.36. The molecule has 14 heteroatoms. The van der Waals surface area contributed by atoms with E-state index < -0.39 is 17.6 Å².